The van der Waals surface area contributed by atoms with Gasteiger partial charge in [-0.3, -0.25) is 0 Å². The number of carbonyl (C=O) groups is 1. The van der Waals surface area contributed by atoms with E-state index < -0.39 is 0 Å². The Labute approximate surface area is 120 Å². The molecule has 2 fully saturated rings. The quantitative estimate of drug-likeness (QED) is 0.775. The first kappa shape index (κ1) is 13.5. The van der Waals surface area contributed by atoms with Crippen LogP contribution in [0.4, 0.5) is 0 Å². The van der Waals surface area contributed by atoms with Gasteiger partial charge < -0.3 is 9.47 Å². The number of para-hydroxylation sites is 1. The van der Waals surface area contributed by atoms with Crippen LogP contribution < -0.4 is 4.74 Å². The standard InChI is InChI=1S/C17H22O3/c18-17(20-14-9-3-4-10-14)15-11-5-6-12-16(15)19-13-7-1-2-8-13/h5-6,11-14H,1-4,7-10H2. The van der Waals surface area contributed by atoms with Gasteiger partial charge in [-0.05, 0) is 63.5 Å². The van der Waals surface area contributed by atoms with Crippen molar-refractivity contribution < 1.29 is 14.3 Å². The molecule has 2 aliphatic carbocycles. The van der Waals surface area contributed by atoms with E-state index in [0.29, 0.717) is 11.3 Å². The Kier molecular flexibility index (Phi) is 4.24. The average Bonchev–Trinajstić information content (AvgIpc) is 3.13. The fourth-order valence-electron chi connectivity index (χ4n) is 3.14. The zero-order valence-corrected chi connectivity index (χ0v) is 11.8. The molecule has 2 saturated carbocycles. The molecule has 0 aromatic heterocycles. The van der Waals surface area contributed by atoms with Crippen LogP contribution in [0.25, 0.3) is 0 Å². The Balaban J connectivity index is 1.69. The summed E-state index contributed by atoms with van der Waals surface area (Å²) in [5.74, 6) is 0.452. The molecule has 3 nitrogen and oxygen atoms in total. The molecule has 0 heterocycles. The predicted molar refractivity (Wildman–Crippen MR) is 77.0 cm³/mol. The van der Waals surface area contributed by atoms with E-state index in [1.54, 1.807) is 0 Å². The predicted octanol–water partition coefficient (Wildman–Crippen LogP) is 4.11. The van der Waals surface area contributed by atoms with Crippen LogP contribution in [0.3, 0.4) is 0 Å². The number of benzene rings is 1. The molecular weight excluding hydrogens is 252 g/mol. The molecule has 1 aromatic carbocycles. The van der Waals surface area contributed by atoms with Crippen molar-refractivity contribution in [2.24, 2.45) is 0 Å². The maximum atomic E-state index is 12.3. The van der Waals surface area contributed by atoms with Gasteiger partial charge >= 0.3 is 5.97 Å². The van der Waals surface area contributed by atoms with Crippen LogP contribution in [0.15, 0.2) is 24.3 Å². The van der Waals surface area contributed by atoms with Gasteiger partial charge in [-0.25, -0.2) is 4.79 Å². The minimum atomic E-state index is -0.231. The molecule has 0 unspecified atom stereocenters. The van der Waals surface area contributed by atoms with Crippen molar-refractivity contribution in [2.75, 3.05) is 0 Å². The summed E-state index contributed by atoms with van der Waals surface area (Å²) in [5, 5.41) is 0. The van der Waals surface area contributed by atoms with E-state index in [4.69, 9.17) is 9.47 Å². The third-order valence-corrected chi connectivity index (χ3v) is 4.28. The van der Waals surface area contributed by atoms with Gasteiger partial charge in [0.25, 0.3) is 0 Å². The minimum absolute atomic E-state index is 0.0991. The molecule has 1 aromatic rings. The highest BCUT2D eigenvalue weighted by atomic mass is 16.5. The summed E-state index contributed by atoms with van der Waals surface area (Å²) < 4.78 is 11.6. The molecule has 3 heteroatoms. The molecule has 0 radical (unpaired) electrons. The Morgan fingerprint density at radius 1 is 0.900 bits per heavy atom. The fraction of sp³-hybridized carbons (Fsp3) is 0.588. The summed E-state index contributed by atoms with van der Waals surface area (Å²) in [5.41, 5.74) is 0.575. The van der Waals surface area contributed by atoms with Gasteiger partial charge in [0.15, 0.2) is 0 Å². The summed E-state index contributed by atoms with van der Waals surface area (Å²) in [4.78, 5) is 12.3. The summed E-state index contributed by atoms with van der Waals surface area (Å²) in [6, 6.07) is 7.47. The van der Waals surface area contributed by atoms with Crippen molar-refractivity contribution in [3.8, 4) is 5.75 Å². The molecule has 0 bridgehead atoms. The van der Waals surface area contributed by atoms with Gasteiger partial charge in [0.2, 0.25) is 0 Å². The van der Waals surface area contributed by atoms with Crippen molar-refractivity contribution in [3.05, 3.63) is 29.8 Å². The van der Waals surface area contributed by atoms with Crippen molar-refractivity contribution >= 4 is 5.97 Å². The summed E-state index contributed by atoms with van der Waals surface area (Å²) in [6.07, 6.45) is 9.31. The van der Waals surface area contributed by atoms with Crippen molar-refractivity contribution in [2.45, 2.75) is 63.6 Å². The van der Waals surface area contributed by atoms with Crippen LogP contribution in [0.2, 0.25) is 0 Å². The van der Waals surface area contributed by atoms with Gasteiger partial charge in [-0.15, -0.1) is 0 Å². The number of hydrogen-bond acceptors (Lipinski definition) is 3. The van der Waals surface area contributed by atoms with Crippen molar-refractivity contribution in [1.82, 2.24) is 0 Å². The van der Waals surface area contributed by atoms with E-state index in [0.717, 1.165) is 38.5 Å². The Bertz CT molecular complexity index is 457. The Morgan fingerprint density at radius 3 is 2.20 bits per heavy atom. The second-order valence-electron chi connectivity index (χ2n) is 5.83. The Morgan fingerprint density at radius 2 is 1.50 bits per heavy atom. The van der Waals surface area contributed by atoms with Gasteiger partial charge in [0.1, 0.15) is 17.4 Å². The minimum Gasteiger partial charge on any atom is -0.490 e. The number of ether oxygens (including phenoxy) is 2. The van der Waals surface area contributed by atoms with E-state index in [-0.39, 0.29) is 18.2 Å². The first-order valence-electron chi connectivity index (χ1n) is 7.79. The maximum absolute atomic E-state index is 12.3. The highest BCUT2D eigenvalue weighted by Gasteiger charge is 2.24. The van der Waals surface area contributed by atoms with Gasteiger partial charge in [0.05, 0.1) is 6.10 Å². The highest BCUT2D eigenvalue weighted by molar-refractivity contribution is 5.92. The lowest BCUT2D eigenvalue weighted by molar-refractivity contribution is 0.0311. The van der Waals surface area contributed by atoms with Gasteiger partial charge in [-0.2, -0.15) is 0 Å². The molecule has 2 aliphatic rings. The lowest BCUT2D eigenvalue weighted by atomic mass is 10.2. The smallest absolute Gasteiger partial charge is 0.342 e. The maximum Gasteiger partial charge on any atom is 0.342 e. The van der Waals surface area contributed by atoms with E-state index >= 15 is 0 Å². The summed E-state index contributed by atoms with van der Waals surface area (Å²) in [7, 11) is 0. The topological polar surface area (TPSA) is 35.5 Å². The lowest BCUT2D eigenvalue weighted by Crippen LogP contribution is -2.18. The highest BCUT2D eigenvalue weighted by Crippen LogP contribution is 2.28. The van der Waals surface area contributed by atoms with Crippen LogP contribution in [0.1, 0.15) is 61.7 Å². The molecular formula is C17H22O3. The first-order chi connectivity index (χ1) is 9.83. The molecule has 20 heavy (non-hydrogen) atoms. The zero-order chi connectivity index (χ0) is 13.8. The molecule has 3 rings (SSSR count). The fourth-order valence-corrected chi connectivity index (χ4v) is 3.14. The van der Waals surface area contributed by atoms with E-state index in [9.17, 15) is 4.79 Å². The van der Waals surface area contributed by atoms with Crippen molar-refractivity contribution in [1.29, 1.82) is 0 Å². The number of esters is 1. The summed E-state index contributed by atoms with van der Waals surface area (Å²) in [6.45, 7) is 0. The molecule has 0 saturated heterocycles. The van der Waals surface area contributed by atoms with Crippen LogP contribution in [0, 0.1) is 0 Å². The molecule has 0 aliphatic heterocycles. The molecule has 0 N–H and O–H groups in total. The molecule has 108 valence electrons. The molecule has 0 atom stereocenters. The van der Waals surface area contributed by atoms with Crippen molar-refractivity contribution in [3.63, 3.8) is 0 Å². The third-order valence-electron chi connectivity index (χ3n) is 4.28. The van der Waals surface area contributed by atoms with Crippen LogP contribution in [0.5, 0.6) is 5.75 Å². The number of rotatable bonds is 4. The number of carbonyl (C=O) groups excluding carboxylic acids is 1. The average molecular weight is 274 g/mol. The largest absolute Gasteiger partial charge is 0.490 e. The second-order valence-corrected chi connectivity index (χ2v) is 5.83. The van der Waals surface area contributed by atoms with Crippen LogP contribution >= 0.6 is 0 Å². The second kappa shape index (κ2) is 6.29. The van der Waals surface area contributed by atoms with Gasteiger partial charge in [-0.1, -0.05) is 12.1 Å². The zero-order valence-electron chi connectivity index (χ0n) is 11.8. The SMILES string of the molecule is O=C(OC1CCCC1)c1ccccc1OC1CCCC1. The normalized spacial score (nSPS) is 20.2. The van der Waals surface area contributed by atoms with Crippen LogP contribution in [-0.4, -0.2) is 18.2 Å². The third kappa shape index (κ3) is 3.14. The molecule has 0 amide bonds. The van der Waals surface area contributed by atoms with Crippen LogP contribution in [-0.2, 0) is 4.74 Å². The molecule has 0 spiro atoms. The van der Waals surface area contributed by atoms with E-state index in [1.165, 1.54) is 12.8 Å². The van der Waals surface area contributed by atoms with Gasteiger partial charge in [0, 0.05) is 0 Å². The first-order valence-corrected chi connectivity index (χ1v) is 7.79. The van der Waals surface area contributed by atoms with E-state index in [1.807, 2.05) is 24.3 Å². The monoisotopic (exact) mass is 274 g/mol. The lowest BCUT2D eigenvalue weighted by Gasteiger charge is -2.17. The Hall–Kier alpha value is -1.51. The van der Waals surface area contributed by atoms with E-state index in [2.05, 4.69) is 0 Å². The number of hydrogen-bond donors (Lipinski definition) is 0. The summed E-state index contributed by atoms with van der Waals surface area (Å²) >= 11 is 0.